The predicted octanol–water partition coefficient (Wildman–Crippen LogP) is 3.61. The Balaban J connectivity index is 2.09. The van der Waals surface area contributed by atoms with Crippen molar-refractivity contribution in [2.24, 2.45) is 0 Å². The van der Waals surface area contributed by atoms with Crippen LogP contribution < -0.4 is 20.1 Å². The first-order valence-electron chi connectivity index (χ1n) is 8.98. The van der Waals surface area contributed by atoms with Crippen molar-refractivity contribution in [3.05, 3.63) is 53.6 Å². The summed E-state index contributed by atoms with van der Waals surface area (Å²) in [5, 5.41) is 14.6. The van der Waals surface area contributed by atoms with Crippen LogP contribution in [0, 0.1) is 6.92 Å². The maximum absolute atomic E-state index is 12.5. The molecule has 0 spiro atoms. The molecular weight excluding hydrogens is 360 g/mol. The van der Waals surface area contributed by atoms with E-state index in [2.05, 4.69) is 10.6 Å². The van der Waals surface area contributed by atoms with Crippen molar-refractivity contribution < 1.29 is 24.2 Å². The maximum atomic E-state index is 12.5. The van der Waals surface area contributed by atoms with Crippen LogP contribution in [-0.4, -0.2) is 37.4 Å². The van der Waals surface area contributed by atoms with Gasteiger partial charge in [0.2, 0.25) is 0 Å². The summed E-state index contributed by atoms with van der Waals surface area (Å²) in [6, 6.07) is 12.3. The average molecular weight is 386 g/mol. The molecule has 0 fully saturated rings. The van der Waals surface area contributed by atoms with Crippen molar-refractivity contribution in [1.82, 2.24) is 5.32 Å². The van der Waals surface area contributed by atoms with Crippen molar-refractivity contribution in [1.29, 1.82) is 0 Å². The van der Waals surface area contributed by atoms with Crippen LogP contribution in [0.4, 0.5) is 10.5 Å². The van der Waals surface area contributed by atoms with E-state index in [1.165, 1.54) is 0 Å². The van der Waals surface area contributed by atoms with Crippen LogP contribution in [-0.2, 0) is 11.2 Å². The molecule has 0 aromatic heterocycles. The molecule has 0 heterocycles. The third-order valence-corrected chi connectivity index (χ3v) is 4.38. The highest BCUT2D eigenvalue weighted by Crippen LogP contribution is 2.31. The van der Waals surface area contributed by atoms with Gasteiger partial charge in [0.15, 0.2) is 0 Å². The molecular formula is C21H26N2O5. The molecule has 0 saturated heterocycles. The van der Waals surface area contributed by atoms with Crippen LogP contribution in [0.1, 0.15) is 24.0 Å². The van der Waals surface area contributed by atoms with E-state index in [9.17, 15) is 9.59 Å². The minimum atomic E-state index is -0.895. The molecule has 0 saturated carbocycles. The normalized spacial score (nSPS) is 11.4. The SMILES string of the molecule is COc1cc(NC(=O)NC(CCC(=O)O)Cc2ccccc2)cc(OC)c1C. The molecule has 1 unspecified atom stereocenters. The standard InChI is InChI=1S/C21H26N2O5/c1-14-18(27-2)12-17(13-19(14)28-3)23-21(26)22-16(9-10-20(24)25)11-15-7-5-4-6-8-15/h4-8,12-13,16H,9-11H2,1-3H3,(H,24,25)(H2,22,23,26). The average Bonchev–Trinajstić information content (AvgIpc) is 2.68. The quantitative estimate of drug-likeness (QED) is 0.612. The number of carbonyl (C=O) groups is 2. The lowest BCUT2D eigenvalue weighted by Gasteiger charge is -2.19. The maximum Gasteiger partial charge on any atom is 0.319 e. The number of anilines is 1. The van der Waals surface area contributed by atoms with E-state index in [1.807, 2.05) is 37.3 Å². The lowest BCUT2D eigenvalue weighted by molar-refractivity contribution is -0.137. The Labute approximate surface area is 164 Å². The second-order valence-electron chi connectivity index (χ2n) is 6.42. The number of carboxylic acid groups (broad SMARTS) is 1. The number of ether oxygens (including phenoxy) is 2. The number of carboxylic acids is 1. The number of nitrogens with one attached hydrogen (secondary N) is 2. The van der Waals surface area contributed by atoms with E-state index in [-0.39, 0.29) is 12.5 Å². The number of hydrogen-bond acceptors (Lipinski definition) is 4. The molecule has 2 rings (SSSR count). The zero-order valence-electron chi connectivity index (χ0n) is 16.3. The number of carbonyl (C=O) groups excluding carboxylic acids is 1. The number of methoxy groups -OCH3 is 2. The van der Waals surface area contributed by atoms with Crippen LogP contribution in [0.3, 0.4) is 0 Å². The van der Waals surface area contributed by atoms with Crippen molar-refractivity contribution in [2.45, 2.75) is 32.2 Å². The van der Waals surface area contributed by atoms with Crippen LogP contribution in [0.15, 0.2) is 42.5 Å². The van der Waals surface area contributed by atoms with Crippen molar-refractivity contribution in [3.63, 3.8) is 0 Å². The lowest BCUT2D eigenvalue weighted by Crippen LogP contribution is -2.39. The number of aliphatic carboxylic acids is 1. The van der Waals surface area contributed by atoms with Gasteiger partial charge in [-0.25, -0.2) is 4.79 Å². The van der Waals surface area contributed by atoms with Gasteiger partial charge >= 0.3 is 12.0 Å². The van der Waals surface area contributed by atoms with Crippen LogP contribution in [0.2, 0.25) is 0 Å². The summed E-state index contributed by atoms with van der Waals surface area (Å²) in [6.45, 7) is 1.86. The molecule has 3 N–H and O–H groups in total. The fourth-order valence-corrected chi connectivity index (χ4v) is 2.93. The molecule has 1 atom stereocenters. The Hall–Kier alpha value is -3.22. The van der Waals surface area contributed by atoms with E-state index in [0.717, 1.165) is 11.1 Å². The number of rotatable bonds is 9. The summed E-state index contributed by atoms with van der Waals surface area (Å²) in [4.78, 5) is 23.4. The first kappa shape index (κ1) is 21.1. The third kappa shape index (κ3) is 6.19. The van der Waals surface area contributed by atoms with Gasteiger partial charge in [-0.15, -0.1) is 0 Å². The molecule has 28 heavy (non-hydrogen) atoms. The predicted molar refractivity (Wildman–Crippen MR) is 107 cm³/mol. The van der Waals surface area contributed by atoms with E-state index in [0.29, 0.717) is 30.0 Å². The molecule has 7 heteroatoms. The minimum Gasteiger partial charge on any atom is -0.496 e. The molecule has 0 aliphatic rings. The van der Waals surface area contributed by atoms with Crippen molar-refractivity contribution >= 4 is 17.7 Å². The van der Waals surface area contributed by atoms with Gasteiger partial charge in [-0.05, 0) is 25.3 Å². The van der Waals surface area contributed by atoms with Crippen LogP contribution in [0.5, 0.6) is 11.5 Å². The molecule has 0 radical (unpaired) electrons. The van der Waals surface area contributed by atoms with E-state index in [4.69, 9.17) is 14.6 Å². The smallest absolute Gasteiger partial charge is 0.319 e. The number of amides is 2. The van der Waals surface area contributed by atoms with E-state index in [1.54, 1.807) is 26.4 Å². The van der Waals surface area contributed by atoms with Crippen LogP contribution >= 0.6 is 0 Å². The second kappa shape index (κ2) is 10.2. The highest BCUT2D eigenvalue weighted by Gasteiger charge is 2.16. The van der Waals surface area contributed by atoms with Gasteiger partial charge in [-0.3, -0.25) is 4.79 Å². The molecule has 2 aromatic rings. The summed E-state index contributed by atoms with van der Waals surface area (Å²) in [6.07, 6.45) is 0.851. The Morgan fingerprint density at radius 2 is 1.68 bits per heavy atom. The zero-order valence-corrected chi connectivity index (χ0v) is 16.3. The van der Waals surface area contributed by atoms with Gasteiger partial charge in [0.1, 0.15) is 11.5 Å². The van der Waals surface area contributed by atoms with E-state index < -0.39 is 12.0 Å². The van der Waals surface area contributed by atoms with Gasteiger partial charge in [0, 0.05) is 35.8 Å². The fourth-order valence-electron chi connectivity index (χ4n) is 2.93. The van der Waals surface area contributed by atoms with Crippen molar-refractivity contribution in [2.75, 3.05) is 19.5 Å². The summed E-state index contributed by atoms with van der Waals surface area (Å²) in [5.74, 6) is 0.302. The molecule has 2 amide bonds. The zero-order chi connectivity index (χ0) is 20.5. The largest absolute Gasteiger partial charge is 0.496 e. The second-order valence-corrected chi connectivity index (χ2v) is 6.42. The molecule has 7 nitrogen and oxygen atoms in total. The van der Waals surface area contributed by atoms with Gasteiger partial charge in [-0.2, -0.15) is 0 Å². The Kier molecular flexibility index (Phi) is 7.68. The number of benzene rings is 2. The summed E-state index contributed by atoms with van der Waals surface area (Å²) >= 11 is 0. The molecule has 2 aromatic carbocycles. The Bertz CT molecular complexity index is 783. The third-order valence-electron chi connectivity index (χ3n) is 4.38. The monoisotopic (exact) mass is 386 g/mol. The number of urea groups is 1. The van der Waals surface area contributed by atoms with Gasteiger partial charge in [-0.1, -0.05) is 30.3 Å². The van der Waals surface area contributed by atoms with E-state index >= 15 is 0 Å². The first-order valence-corrected chi connectivity index (χ1v) is 8.98. The Morgan fingerprint density at radius 3 is 2.21 bits per heavy atom. The van der Waals surface area contributed by atoms with Gasteiger partial charge < -0.3 is 25.2 Å². The molecule has 0 aliphatic heterocycles. The van der Waals surface area contributed by atoms with Gasteiger partial charge in [0.25, 0.3) is 0 Å². The van der Waals surface area contributed by atoms with Crippen LogP contribution in [0.25, 0.3) is 0 Å². The highest BCUT2D eigenvalue weighted by molar-refractivity contribution is 5.90. The summed E-state index contributed by atoms with van der Waals surface area (Å²) in [7, 11) is 3.10. The highest BCUT2D eigenvalue weighted by atomic mass is 16.5. The first-order chi connectivity index (χ1) is 13.4. The topological polar surface area (TPSA) is 96.9 Å². The molecule has 150 valence electrons. The Morgan fingerprint density at radius 1 is 1.07 bits per heavy atom. The summed E-state index contributed by atoms with van der Waals surface area (Å²) in [5.41, 5.74) is 2.38. The molecule has 0 aliphatic carbocycles. The minimum absolute atomic E-state index is 0.0239. The lowest BCUT2D eigenvalue weighted by atomic mass is 10.0. The summed E-state index contributed by atoms with van der Waals surface area (Å²) < 4.78 is 10.6. The molecule has 0 bridgehead atoms. The fraction of sp³-hybridized carbons (Fsp3) is 0.333. The van der Waals surface area contributed by atoms with Crippen molar-refractivity contribution in [3.8, 4) is 11.5 Å². The number of hydrogen-bond donors (Lipinski definition) is 3. The van der Waals surface area contributed by atoms with Gasteiger partial charge in [0.05, 0.1) is 14.2 Å².